The van der Waals surface area contributed by atoms with E-state index in [2.05, 4.69) is 38.7 Å². The number of aromatic nitrogens is 4. The number of piperazine rings is 1. The van der Waals surface area contributed by atoms with Crippen LogP contribution in [0.15, 0.2) is 182 Å². The van der Waals surface area contributed by atoms with Crippen molar-refractivity contribution in [3.8, 4) is 34.6 Å². The molecule has 1 saturated heterocycles. The van der Waals surface area contributed by atoms with E-state index in [0.717, 1.165) is 62.1 Å². The average Bonchev–Trinajstić information content (AvgIpc) is 3.91. The predicted molar refractivity (Wildman–Crippen MR) is 277 cm³/mol. The van der Waals surface area contributed by atoms with Gasteiger partial charge < -0.3 is 19.7 Å². The number of carbonyl (C=O) groups is 1. The fourth-order valence-electron chi connectivity index (χ4n) is 10.1. The van der Waals surface area contributed by atoms with E-state index in [0.29, 0.717) is 64.9 Å². The number of halogens is 3. The number of ether oxygens (including phenoxy) is 2. The highest BCUT2D eigenvalue weighted by atomic mass is 35.5. The van der Waals surface area contributed by atoms with Gasteiger partial charge in [-0.05, 0) is 84.6 Å². The second-order valence-corrected chi connectivity index (χ2v) is 17.7. The molecule has 0 aliphatic carbocycles. The van der Waals surface area contributed by atoms with Gasteiger partial charge in [0.15, 0.2) is 0 Å². The lowest BCUT2D eigenvalue weighted by molar-refractivity contribution is -0.124. The molecule has 12 heteroatoms. The molecule has 0 saturated carbocycles. The van der Waals surface area contributed by atoms with Crippen molar-refractivity contribution in [2.75, 3.05) is 19.6 Å². The van der Waals surface area contributed by atoms with E-state index < -0.39 is 17.2 Å². The van der Waals surface area contributed by atoms with Crippen LogP contribution >= 0.6 is 12.4 Å². The van der Waals surface area contributed by atoms with Crippen LogP contribution in [-0.2, 0) is 23.2 Å². The van der Waals surface area contributed by atoms with Gasteiger partial charge in [0.25, 0.3) is 0 Å². The Kier molecular flexibility index (Phi) is 12.9. The van der Waals surface area contributed by atoms with Crippen molar-refractivity contribution in [2.24, 2.45) is 0 Å². The summed E-state index contributed by atoms with van der Waals surface area (Å²) in [6.45, 7) is 4.70. The number of pyridine rings is 2. The topological polar surface area (TPSA) is 86.4 Å². The van der Waals surface area contributed by atoms with Gasteiger partial charge >= 0.3 is 0 Å². The Morgan fingerprint density at radius 1 is 0.592 bits per heavy atom. The van der Waals surface area contributed by atoms with Crippen LogP contribution in [0.4, 0.5) is 8.78 Å². The molecule has 6 aromatic carbocycles. The molecule has 0 bridgehead atoms. The van der Waals surface area contributed by atoms with Gasteiger partial charge in [0.05, 0.1) is 33.5 Å². The van der Waals surface area contributed by atoms with Crippen LogP contribution in [0, 0.1) is 25.5 Å². The van der Waals surface area contributed by atoms with Crippen molar-refractivity contribution in [1.82, 2.24) is 29.3 Å². The number of aryl methyl sites for hydroxylation is 2. The number of carbonyl (C=O) groups excluding carboxylic acids is 1. The number of hydrogen-bond donors (Lipinski definition) is 1. The first-order chi connectivity index (χ1) is 34.3. The molecular formula is C59H49ClF2N6O3. The van der Waals surface area contributed by atoms with Crippen molar-refractivity contribution < 1.29 is 23.0 Å². The smallest absolute Gasteiger partial charge is 0.211 e. The van der Waals surface area contributed by atoms with Gasteiger partial charge in [0.1, 0.15) is 28.7 Å². The molecule has 5 heterocycles. The number of rotatable bonds is 13. The minimum Gasteiger partial charge on any atom is -0.440 e. The first kappa shape index (κ1) is 46.6. The molecule has 354 valence electrons. The van der Waals surface area contributed by atoms with Crippen molar-refractivity contribution in [1.29, 1.82) is 0 Å². The normalized spacial score (nSPS) is 13.3. The lowest BCUT2D eigenvalue weighted by Gasteiger charge is -2.46. The van der Waals surface area contributed by atoms with E-state index in [9.17, 15) is 4.79 Å². The van der Waals surface area contributed by atoms with E-state index in [4.69, 9.17) is 19.4 Å². The van der Waals surface area contributed by atoms with Crippen LogP contribution in [0.3, 0.4) is 0 Å². The molecule has 1 fully saturated rings. The molecule has 9 nitrogen and oxygen atoms in total. The highest BCUT2D eigenvalue weighted by molar-refractivity contribution is 5.97. The molecule has 0 spiro atoms. The number of nitrogens with one attached hydrogen (secondary N) is 1. The Morgan fingerprint density at radius 3 is 1.44 bits per heavy atom. The molecule has 11 rings (SSSR count). The lowest BCUT2D eigenvalue weighted by atomic mass is 9.78. The van der Waals surface area contributed by atoms with Gasteiger partial charge in [0, 0.05) is 79.1 Å². The third-order valence-electron chi connectivity index (χ3n) is 13.3. The molecule has 1 amide bonds. The second-order valence-electron chi connectivity index (χ2n) is 17.7. The molecule has 10 aromatic rings. The number of fused-ring (bicyclic) bond motifs is 2. The van der Waals surface area contributed by atoms with Crippen LogP contribution in [0.5, 0.6) is 23.3 Å². The summed E-state index contributed by atoms with van der Waals surface area (Å²) >= 11 is 0. The molecule has 1 N–H and O–H groups in total. The number of benzene rings is 6. The van der Waals surface area contributed by atoms with E-state index in [-0.39, 0.29) is 25.5 Å². The van der Waals surface area contributed by atoms with E-state index >= 15 is 8.78 Å². The number of nitrogens with zero attached hydrogens (tertiary/aromatic N) is 5. The minimum atomic E-state index is -1.47. The van der Waals surface area contributed by atoms with Crippen LogP contribution in [0.1, 0.15) is 44.8 Å². The van der Waals surface area contributed by atoms with Gasteiger partial charge in [-0.25, -0.2) is 8.78 Å². The van der Waals surface area contributed by atoms with Crippen molar-refractivity contribution in [2.45, 2.75) is 32.2 Å². The number of amides is 1. The molecular weight excluding hydrogens is 914 g/mol. The largest absolute Gasteiger partial charge is 0.440 e. The Morgan fingerprint density at radius 2 is 1.01 bits per heavy atom. The van der Waals surface area contributed by atoms with Crippen LogP contribution in [0.25, 0.3) is 33.2 Å². The standard InChI is InChI=1S/C59H48F2N6O3.ClH/c1-39-23-25-43(60)35-51(39)69-57-53(47-27-29-63-49(33-41-15-7-3-8-16-41)55(47)66(57)45-19-11-5-12-20-45)59(37-62-31-32-65(59)38-68)54-48-28-30-64-50(34-42-17-9-4-10-18-42)56(48)67(46-21-13-6-14-22-46)58(54)70-52-36-44(61)26-24-40(52)2;/h3-30,35-36,38,62H,31-34,37H2,1-2H3;1H. The van der Waals surface area contributed by atoms with Crippen molar-refractivity contribution in [3.05, 3.63) is 239 Å². The minimum absolute atomic E-state index is 0. The fraction of sp³-hybridized carbons (Fsp3) is 0.136. The molecule has 1 aliphatic heterocycles. The SMILES string of the molecule is Cc1ccc(F)cc1Oc1c(C2(c3c(Oc4cc(F)ccc4C)n(-c4ccccc4)c4c(Cc5ccccc5)nccc34)CNCCN2C=O)c2ccnc(Cc3ccccc3)c2n1-c1ccccc1.Cl. The van der Waals surface area contributed by atoms with Gasteiger partial charge in [-0.3, -0.25) is 23.9 Å². The van der Waals surface area contributed by atoms with Gasteiger partial charge in [-0.15, -0.1) is 12.4 Å². The number of hydrogen-bond acceptors (Lipinski definition) is 6. The summed E-state index contributed by atoms with van der Waals surface area (Å²) in [5.41, 5.74) is 7.75. The van der Waals surface area contributed by atoms with Crippen molar-refractivity contribution >= 4 is 40.6 Å². The summed E-state index contributed by atoms with van der Waals surface area (Å²) in [5, 5.41) is 5.21. The summed E-state index contributed by atoms with van der Waals surface area (Å²) in [6.07, 6.45) is 5.42. The van der Waals surface area contributed by atoms with E-state index in [1.54, 1.807) is 24.5 Å². The maximum Gasteiger partial charge on any atom is 0.211 e. The Hall–Kier alpha value is -8.12. The number of para-hydroxylation sites is 2. The third-order valence-corrected chi connectivity index (χ3v) is 13.3. The highest BCUT2D eigenvalue weighted by Crippen LogP contribution is 2.55. The van der Waals surface area contributed by atoms with Gasteiger partial charge in [-0.1, -0.05) is 109 Å². The highest BCUT2D eigenvalue weighted by Gasteiger charge is 2.52. The molecule has 1 aliphatic rings. The first-order valence-corrected chi connectivity index (χ1v) is 23.4. The monoisotopic (exact) mass is 962 g/mol. The fourth-order valence-corrected chi connectivity index (χ4v) is 10.1. The van der Waals surface area contributed by atoms with E-state index in [1.807, 2.05) is 128 Å². The Labute approximate surface area is 416 Å². The molecule has 4 aromatic heterocycles. The van der Waals surface area contributed by atoms with E-state index in [1.165, 1.54) is 24.3 Å². The Bertz CT molecular complexity index is 3310. The van der Waals surface area contributed by atoms with Gasteiger partial charge in [0.2, 0.25) is 18.2 Å². The lowest BCUT2D eigenvalue weighted by Crippen LogP contribution is -2.59. The van der Waals surface area contributed by atoms with Gasteiger partial charge in [-0.2, -0.15) is 0 Å². The van der Waals surface area contributed by atoms with Crippen LogP contribution < -0.4 is 14.8 Å². The zero-order valence-electron chi connectivity index (χ0n) is 39.1. The average molecular weight is 964 g/mol. The van der Waals surface area contributed by atoms with Crippen LogP contribution in [-0.4, -0.2) is 50.0 Å². The maximum atomic E-state index is 15.5. The third kappa shape index (κ3) is 8.47. The summed E-state index contributed by atoms with van der Waals surface area (Å²) in [7, 11) is 0. The predicted octanol–water partition coefficient (Wildman–Crippen LogP) is 12.8. The second kappa shape index (κ2) is 19.7. The molecule has 71 heavy (non-hydrogen) atoms. The quantitative estimate of drug-likeness (QED) is 0.116. The molecule has 0 atom stereocenters. The zero-order chi connectivity index (χ0) is 47.8. The van der Waals surface area contributed by atoms with Crippen molar-refractivity contribution in [3.63, 3.8) is 0 Å². The summed E-state index contributed by atoms with van der Waals surface area (Å²) in [6, 6.07) is 53.0. The maximum absolute atomic E-state index is 15.5. The molecule has 0 unspecified atom stereocenters. The first-order valence-electron chi connectivity index (χ1n) is 23.4. The zero-order valence-corrected chi connectivity index (χ0v) is 39.9. The Balaban J connectivity index is 0.00000582. The summed E-state index contributed by atoms with van der Waals surface area (Å²) in [5.74, 6) is 0.348. The summed E-state index contributed by atoms with van der Waals surface area (Å²) in [4.78, 5) is 26.4. The molecule has 0 radical (unpaired) electrons. The summed E-state index contributed by atoms with van der Waals surface area (Å²) < 4.78 is 49.8. The van der Waals surface area contributed by atoms with Crippen LogP contribution in [0.2, 0.25) is 0 Å².